The van der Waals surface area contributed by atoms with Gasteiger partial charge >= 0.3 is 0 Å². The number of thiazole rings is 1. The molecule has 11 heteroatoms. The van der Waals surface area contributed by atoms with Gasteiger partial charge in [0.05, 0.1) is 11.6 Å². The number of piperidine rings is 1. The Morgan fingerprint density at radius 3 is 2.59 bits per heavy atom. The first-order valence-electron chi connectivity index (χ1n) is 10.4. The molecular weight excluding hydrogens is 428 g/mol. The summed E-state index contributed by atoms with van der Waals surface area (Å²) in [7, 11) is 3.39. The van der Waals surface area contributed by atoms with E-state index in [4.69, 9.17) is 0 Å². The Kier molecular flexibility index (Phi) is 6.17. The number of amides is 2. The third kappa shape index (κ3) is 4.47. The first-order valence-corrected chi connectivity index (χ1v) is 11.2. The number of rotatable bonds is 5. The molecule has 4 rings (SSSR count). The molecule has 0 saturated carbocycles. The fourth-order valence-corrected chi connectivity index (χ4v) is 4.68. The minimum Gasteiger partial charge on any atom is -0.354 e. The van der Waals surface area contributed by atoms with E-state index in [1.807, 2.05) is 29.8 Å². The number of aryl methyl sites for hydroxylation is 2. The van der Waals surface area contributed by atoms with Crippen molar-refractivity contribution in [1.29, 1.82) is 0 Å². The lowest BCUT2D eigenvalue weighted by molar-refractivity contribution is -0.120. The van der Waals surface area contributed by atoms with Gasteiger partial charge in [-0.2, -0.15) is 0 Å². The van der Waals surface area contributed by atoms with E-state index in [0.717, 1.165) is 31.0 Å². The second-order valence-electron chi connectivity index (χ2n) is 8.00. The van der Waals surface area contributed by atoms with Crippen LogP contribution in [0.3, 0.4) is 0 Å². The first kappa shape index (κ1) is 21.9. The molecule has 3 aromatic heterocycles. The molecule has 0 spiro atoms. The molecule has 4 heterocycles. The van der Waals surface area contributed by atoms with Gasteiger partial charge in [0, 0.05) is 39.6 Å². The lowest BCUT2D eigenvalue weighted by Gasteiger charge is -2.32. The van der Waals surface area contributed by atoms with Crippen molar-refractivity contribution >= 4 is 34.1 Å². The second-order valence-corrected chi connectivity index (χ2v) is 9.00. The highest BCUT2D eigenvalue weighted by Crippen LogP contribution is 2.26. The van der Waals surface area contributed by atoms with Crippen molar-refractivity contribution in [3.05, 3.63) is 40.9 Å². The predicted octanol–water partition coefficient (Wildman–Crippen LogP) is 2.29. The zero-order valence-electron chi connectivity index (χ0n) is 18.6. The van der Waals surface area contributed by atoms with E-state index >= 15 is 0 Å². The minimum absolute atomic E-state index is 0.0917. The van der Waals surface area contributed by atoms with Crippen LogP contribution >= 0.6 is 11.3 Å². The highest BCUT2D eigenvalue weighted by Gasteiger charge is 2.28. The molecule has 1 unspecified atom stereocenters. The van der Waals surface area contributed by atoms with E-state index < -0.39 is 0 Å². The molecule has 3 aromatic rings. The van der Waals surface area contributed by atoms with Crippen LogP contribution < -0.4 is 10.2 Å². The normalized spacial score (nSPS) is 16.1. The van der Waals surface area contributed by atoms with Crippen molar-refractivity contribution in [2.45, 2.75) is 26.7 Å². The Morgan fingerprint density at radius 1 is 1.19 bits per heavy atom. The van der Waals surface area contributed by atoms with Gasteiger partial charge in [0.1, 0.15) is 10.7 Å². The average molecular weight is 455 g/mol. The van der Waals surface area contributed by atoms with E-state index in [2.05, 4.69) is 30.4 Å². The van der Waals surface area contributed by atoms with Crippen LogP contribution in [0.15, 0.2) is 24.5 Å². The maximum atomic E-state index is 12.9. The Labute approximate surface area is 190 Å². The van der Waals surface area contributed by atoms with Crippen LogP contribution in [0.5, 0.6) is 0 Å². The quantitative estimate of drug-likeness (QED) is 0.630. The number of hydrogen-bond acceptors (Lipinski definition) is 8. The van der Waals surface area contributed by atoms with E-state index in [-0.39, 0.29) is 17.7 Å². The molecule has 168 valence electrons. The number of hydrogen-bond donors (Lipinski definition) is 1. The molecule has 1 aliphatic heterocycles. The van der Waals surface area contributed by atoms with Crippen LogP contribution in [0.4, 0.5) is 10.9 Å². The zero-order valence-corrected chi connectivity index (χ0v) is 19.4. The largest absolute Gasteiger partial charge is 0.354 e. The molecule has 0 radical (unpaired) electrons. The maximum absolute atomic E-state index is 12.9. The molecule has 1 atom stereocenters. The Morgan fingerprint density at radius 2 is 1.94 bits per heavy atom. The van der Waals surface area contributed by atoms with Gasteiger partial charge in [0.15, 0.2) is 16.8 Å². The van der Waals surface area contributed by atoms with Gasteiger partial charge in [-0.3, -0.25) is 14.2 Å². The third-order valence-electron chi connectivity index (χ3n) is 5.45. The van der Waals surface area contributed by atoms with E-state index in [9.17, 15) is 9.59 Å². The number of anilines is 2. The third-order valence-corrected chi connectivity index (χ3v) is 6.51. The second kappa shape index (κ2) is 9.03. The van der Waals surface area contributed by atoms with Crippen LogP contribution in [0.2, 0.25) is 0 Å². The SMILES string of the molecule is Cc1nc(NC(=O)C2CCCN(c3ccc(-n4ccnc4C)nn3)C2)sc1C(=O)N(C)C. The van der Waals surface area contributed by atoms with Crippen molar-refractivity contribution in [3.63, 3.8) is 0 Å². The number of carbonyl (C=O) groups excluding carboxylic acids is 2. The smallest absolute Gasteiger partial charge is 0.265 e. The molecule has 1 saturated heterocycles. The fraction of sp³-hybridized carbons (Fsp3) is 0.429. The Hall–Kier alpha value is -3.34. The van der Waals surface area contributed by atoms with E-state index in [1.165, 1.54) is 16.2 Å². The summed E-state index contributed by atoms with van der Waals surface area (Å²) >= 11 is 1.21. The fourth-order valence-electron chi connectivity index (χ4n) is 3.69. The molecule has 2 amide bonds. The van der Waals surface area contributed by atoms with E-state index in [0.29, 0.717) is 28.1 Å². The van der Waals surface area contributed by atoms with Crippen LogP contribution in [0, 0.1) is 19.8 Å². The predicted molar refractivity (Wildman–Crippen MR) is 122 cm³/mol. The molecule has 0 aromatic carbocycles. The summed E-state index contributed by atoms with van der Waals surface area (Å²) in [5.74, 6) is 1.89. The number of carbonyl (C=O) groups is 2. The first-order chi connectivity index (χ1) is 15.3. The summed E-state index contributed by atoms with van der Waals surface area (Å²) in [5.41, 5.74) is 0.623. The highest BCUT2D eigenvalue weighted by atomic mass is 32.1. The van der Waals surface area contributed by atoms with Crippen molar-refractivity contribution in [2.75, 3.05) is 37.4 Å². The Balaban J connectivity index is 1.42. The maximum Gasteiger partial charge on any atom is 0.265 e. The molecular formula is C21H26N8O2S. The monoisotopic (exact) mass is 454 g/mol. The van der Waals surface area contributed by atoms with Gasteiger partial charge < -0.3 is 15.1 Å². The van der Waals surface area contributed by atoms with Gasteiger partial charge in [0.2, 0.25) is 5.91 Å². The lowest BCUT2D eigenvalue weighted by Crippen LogP contribution is -2.41. The number of nitrogens with one attached hydrogen (secondary N) is 1. The average Bonchev–Trinajstić information content (AvgIpc) is 3.38. The van der Waals surface area contributed by atoms with Crippen LogP contribution in [-0.2, 0) is 4.79 Å². The molecule has 10 nitrogen and oxygen atoms in total. The van der Waals surface area contributed by atoms with Gasteiger partial charge in [-0.05, 0) is 38.8 Å². The summed E-state index contributed by atoms with van der Waals surface area (Å²) in [6.07, 6.45) is 5.24. The standard InChI is InChI=1S/C21H26N8O2S/c1-13-18(20(31)27(3)4)32-21(23-13)24-19(30)15-6-5-10-28(12-15)16-7-8-17(26-25-16)29-11-9-22-14(29)2/h7-9,11,15H,5-6,10,12H2,1-4H3,(H,23,24,30). The number of nitrogens with zero attached hydrogens (tertiary/aromatic N) is 7. The topological polar surface area (TPSA) is 109 Å². The van der Waals surface area contributed by atoms with Gasteiger partial charge in [-0.25, -0.2) is 9.97 Å². The van der Waals surface area contributed by atoms with Gasteiger partial charge in [-0.1, -0.05) is 11.3 Å². The van der Waals surface area contributed by atoms with Crippen molar-refractivity contribution < 1.29 is 9.59 Å². The molecule has 0 aliphatic carbocycles. The van der Waals surface area contributed by atoms with Gasteiger partial charge in [0.25, 0.3) is 5.91 Å². The summed E-state index contributed by atoms with van der Waals surface area (Å²) in [6, 6.07) is 3.83. The number of imidazole rings is 1. The molecule has 1 N–H and O–H groups in total. The van der Waals surface area contributed by atoms with E-state index in [1.54, 1.807) is 27.2 Å². The molecule has 0 bridgehead atoms. The molecule has 1 fully saturated rings. The zero-order chi connectivity index (χ0) is 22.8. The van der Waals surface area contributed by atoms with Crippen LogP contribution in [0.25, 0.3) is 5.82 Å². The van der Waals surface area contributed by atoms with Gasteiger partial charge in [-0.15, -0.1) is 10.2 Å². The minimum atomic E-state index is -0.196. The van der Waals surface area contributed by atoms with Crippen molar-refractivity contribution in [2.24, 2.45) is 5.92 Å². The summed E-state index contributed by atoms with van der Waals surface area (Å²) in [4.78, 5) is 37.8. The summed E-state index contributed by atoms with van der Waals surface area (Å²) < 4.78 is 1.87. The molecule has 1 aliphatic rings. The Bertz CT molecular complexity index is 1120. The lowest BCUT2D eigenvalue weighted by atomic mass is 9.97. The van der Waals surface area contributed by atoms with Crippen LogP contribution in [-0.4, -0.2) is 68.6 Å². The van der Waals surface area contributed by atoms with Crippen LogP contribution in [0.1, 0.15) is 34.0 Å². The van der Waals surface area contributed by atoms with Crippen molar-refractivity contribution in [3.8, 4) is 5.82 Å². The van der Waals surface area contributed by atoms with Crippen molar-refractivity contribution in [1.82, 2.24) is 29.6 Å². The number of aromatic nitrogens is 5. The summed E-state index contributed by atoms with van der Waals surface area (Å²) in [6.45, 7) is 5.06. The highest BCUT2D eigenvalue weighted by molar-refractivity contribution is 7.17. The summed E-state index contributed by atoms with van der Waals surface area (Å²) in [5, 5.41) is 12.0. The molecule has 32 heavy (non-hydrogen) atoms.